The fourth-order valence-corrected chi connectivity index (χ4v) is 2.65. The van der Waals surface area contributed by atoms with Crippen molar-refractivity contribution in [3.63, 3.8) is 0 Å². The molecule has 5 heteroatoms. The third kappa shape index (κ3) is 5.61. The van der Waals surface area contributed by atoms with Crippen molar-refractivity contribution in [3.8, 4) is 0 Å². The van der Waals surface area contributed by atoms with Gasteiger partial charge < -0.3 is 10.1 Å². The Labute approximate surface area is 115 Å². The predicted molar refractivity (Wildman–Crippen MR) is 75.8 cm³/mol. The van der Waals surface area contributed by atoms with Crippen LogP contribution in [0.1, 0.15) is 52.4 Å². The number of ether oxygens (including phenoxy) is 1. The zero-order valence-electron chi connectivity index (χ0n) is 12.0. The van der Waals surface area contributed by atoms with E-state index in [0.29, 0.717) is 11.8 Å². The van der Waals surface area contributed by atoms with Gasteiger partial charge >= 0.3 is 0 Å². The molecule has 1 unspecified atom stereocenters. The van der Waals surface area contributed by atoms with Crippen LogP contribution in [0.3, 0.4) is 0 Å². The Hall–Kier alpha value is -1.07. The number of hydrogen-bond acceptors (Lipinski definition) is 5. The SMILES string of the molecule is CC/C=C(\NC(C(C)=O)C1CCCCC1)OC(N)N. The highest BCUT2D eigenvalue weighted by Crippen LogP contribution is 2.27. The minimum Gasteiger partial charge on any atom is -0.448 e. The van der Waals surface area contributed by atoms with E-state index in [9.17, 15) is 4.79 Å². The Bertz CT molecular complexity index is 310. The van der Waals surface area contributed by atoms with Crippen molar-refractivity contribution in [3.05, 3.63) is 12.0 Å². The summed E-state index contributed by atoms with van der Waals surface area (Å²) in [7, 11) is 0. The Morgan fingerprint density at radius 2 is 2.00 bits per heavy atom. The van der Waals surface area contributed by atoms with Gasteiger partial charge in [0.05, 0.1) is 6.04 Å². The van der Waals surface area contributed by atoms with Crippen LogP contribution < -0.4 is 16.8 Å². The molecule has 0 amide bonds. The van der Waals surface area contributed by atoms with Gasteiger partial charge in [-0.25, -0.2) is 0 Å². The lowest BCUT2D eigenvalue weighted by atomic mass is 9.82. The highest BCUT2D eigenvalue weighted by molar-refractivity contribution is 5.82. The first-order chi connectivity index (χ1) is 9.04. The fourth-order valence-electron chi connectivity index (χ4n) is 2.65. The topological polar surface area (TPSA) is 90.4 Å². The van der Waals surface area contributed by atoms with Gasteiger partial charge in [0.25, 0.3) is 0 Å². The number of ketones is 1. The molecule has 1 saturated carbocycles. The minimum atomic E-state index is -0.871. The van der Waals surface area contributed by atoms with Gasteiger partial charge in [0.2, 0.25) is 6.35 Å². The zero-order valence-corrected chi connectivity index (χ0v) is 12.0. The van der Waals surface area contributed by atoms with Gasteiger partial charge in [-0.15, -0.1) is 0 Å². The maximum Gasteiger partial charge on any atom is 0.203 e. The Balaban J connectivity index is 2.69. The summed E-state index contributed by atoms with van der Waals surface area (Å²) in [6.07, 6.45) is 7.62. The molecule has 0 spiro atoms. The van der Waals surface area contributed by atoms with Crippen molar-refractivity contribution in [2.45, 2.75) is 64.8 Å². The van der Waals surface area contributed by atoms with Crippen molar-refractivity contribution in [2.24, 2.45) is 17.4 Å². The molecular weight excluding hydrogens is 242 g/mol. The molecule has 19 heavy (non-hydrogen) atoms. The number of carbonyl (C=O) groups excluding carboxylic acids is 1. The molecule has 0 aromatic heterocycles. The van der Waals surface area contributed by atoms with Crippen molar-refractivity contribution < 1.29 is 9.53 Å². The van der Waals surface area contributed by atoms with Crippen LogP contribution in [-0.4, -0.2) is 18.2 Å². The van der Waals surface area contributed by atoms with E-state index in [1.807, 2.05) is 13.0 Å². The van der Waals surface area contributed by atoms with Crippen LogP contribution >= 0.6 is 0 Å². The second-order valence-corrected chi connectivity index (χ2v) is 5.19. The predicted octanol–water partition coefficient (Wildman–Crippen LogP) is 1.58. The molecule has 5 N–H and O–H groups in total. The van der Waals surface area contributed by atoms with E-state index in [1.165, 1.54) is 19.3 Å². The molecule has 110 valence electrons. The quantitative estimate of drug-likeness (QED) is 0.482. The van der Waals surface area contributed by atoms with Crippen LogP contribution in [0, 0.1) is 5.92 Å². The lowest BCUT2D eigenvalue weighted by molar-refractivity contribution is -0.120. The number of Topliss-reactive ketones (excluding diaryl/α,β-unsaturated/α-hetero) is 1. The molecular formula is C14H27N3O2. The van der Waals surface area contributed by atoms with Crippen molar-refractivity contribution in [2.75, 3.05) is 0 Å². The summed E-state index contributed by atoms with van der Waals surface area (Å²) in [4.78, 5) is 11.9. The number of hydrogen-bond donors (Lipinski definition) is 3. The highest BCUT2D eigenvalue weighted by atomic mass is 16.5. The molecule has 0 saturated heterocycles. The maximum atomic E-state index is 11.9. The van der Waals surface area contributed by atoms with Gasteiger partial charge in [0, 0.05) is 0 Å². The van der Waals surface area contributed by atoms with Crippen LogP contribution in [0.25, 0.3) is 0 Å². The molecule has 0 aliphatic heterocycles. The first kappa shape index (κ1) is 16.0. The number of nitrogens with one attached hydrogen (secondary N) is 1. The number of rotatable bonds is 7. The normalized spacial score (nSPS) is 19.3. The number of carbonyl (C=O) groups is 1. The third-order valence-electron chi connectivity index (χ3n) is 3.51. The average molecular weight is 269 g/mol. The lowest BCUT2D eigenvalue weighted by Crippen LogP contribution is -2.45. The molecule has 0 aromatic carbocycles. The van der Waals surface area contributed by atoms with Crippen LogP contribution in [0.15, 0.2) is 12.0 Å². The summed E-state index contributed by atoms with van der Waals surface area (Å²) in [6, 6.07) is -0.197. The molecule has 0 radical (unpaired) electrons. The first-order valence-corrected chi connectivity index (χ1v) is 7.19. The van der Waals surface area contributed by atoms with E-state index in [1.54, 1.807) is 6.92 Å². The fraction of sp³-hybridized carbons (Fsp3) is 0.786. The van der Waals surface area contributed by atoms with E-state index < -0.39 is 6.35 Å². The molecule has 1 rings (SSSR count). The van der Waals surface area contributed by atoms with Crippen molar-refractivity contribution >= 4 is 5.78 Å². The molecule has 1 aliphatic rings. The Morgan fingerprint density at radius 3 is 2.47 bits per heavy atom. The summed E-state index contributed by atoms with van der Waals surface area (Å²) in [6.45, 7) is 3.62. The standard InChI is InChI=1S/C14H27N3O2/c1-3-7-12(19-14(15)16)17-13(10(2)18)11-8-5-4-6-9-11/h7,11,13-14,17H,3-6,8-9,15-16H2,1-2H3/b12-7+. The summed E-state index contributed by atoms with van der Waals surface area (Å²) in [5, 5.41) is 3.18. The second-order valence-electron chi connectivity index (χ2n) is 5.19. The molecule has 0 bridgehead atoms. The monoisotopic (exact) mass is 269 g/mol. The van der Waals surface area contributed by atoms with Crippen molar-refractivity contribution in [1.82, 2.24) is 5.32 Å². The Morgan fingerprint density at radius 1 is 1.37 bits per heavy atom. The second kappa shape index (κ2) is 8.17. The lowest BCUT2D eigenvalue weighted by Gasteiger charge is -2.30. The van der Waals surface area contributed by atoms with Gasteiger partial charge in [-0.3, -0.25) is 16.3 Å². The smallest absolute Gasteiger partial charge is 0.203 e. The molecule has 0 heterocycles. The van der Waals surface area contributed by atoms with Gasteiger partial charge in [-0.1, -0.05) is 26.2 Å². The van der Waals surface area contributed by atoms with E-state index in [-0.39, 0.29) is 11.8 Å². The molecule has 1 atom stereocenters. The Kier molecular flexibility index (Phi) is 6.87. The molecule has 1 aliphatic carbocycles. The molecule has 0 aromatic rings. The summed E-state index contributed by atoms with van der Waals surface area (Å²) in [5.74, 6) is 1.04. The maximum absolute atomic E-state index is 11.9. The van der Waals surface area contributed by atoms with Gasteiger partial charge in [0.1, 0.15) is 0 Å². The van der Waals surface area contributed by atoms with E-state index in [2.05, 4.69) is 5.32 Å². The summed E-state index contributed by atoms with van der Waals surface area (Å²) in [5.41, 5.74) is 10.9. The highest BCUT2D eigenvalue weighted by Gasteiger charge is 2.27. The van der Waals surface area contributed by atoms with Crippen LogP contribution in [0.5, 0.6) is 0 Å². The summed E-state index contributed by atoms with van der Waals surface area (Å²) >= 11 is 0. The van der Waals surface area contributed by atoms with Crippen LogP contribution in [0.4, 0.5) is 0 Å². The van der Waals surface area contributed by atoms with E-state index in [4.69, 9.17) is 16.2 Å². The zero-order chi connectivity index (χ0) is 14.3. The molecule has 5 nitrogen and oxygen atoms in total. The first-order valence-electron chi connectivity index (χ1n) is 7.19. The third-order valence-corrected chi connectivity index (χ3v) is 3.51. The largest absolute Gasteiger partial charge is 0.448 e. The van der Waals surface area contributed by atoms with Crippen molar-refractivity contribution in [1.29, 1.82) is 0 Å². The molecule has 1 fully saturated rings. The van der Waals surface area contributed by atoms with E-state index >= 15 is 0 Å². The number of nitrogens with two attached hydrogens (primary N) is 2. The van der Waals surface area contributed by atoms with E-state index in [0.717, 1.165) is 19.3 Å². The van der Waals surface area contributed by atoms with Gasteiger partial charge in [-0.2, -0.15) is 0 Å². The van der Waals surface area contributed by atoms with Crippen LogP contribution in [0.2, 0.25) is 0 Å². The average Bonchev–Trinajstić information content (AvgIpc) is 2.36. The number of allylic oxidation sites excluding steroid dienone is 1. The van der Waals surface area contributed by atoms with Gasteiger partial charge in [0.15, 0.2) is 11.7 Å². The summed E-state index contributed by atoms with van der Waals surface area (Å²) < 4.78 is 5.32. The van der Waals surface area contributed by atoms with Crippen LogP contribution in [-0.2, 0) is 9.53 Å². The minimum absolute atomic E-state index is 0.142. The van der Waals surface area contributed by atoms with Gasteiger partial charge in [-0.05, 0) is 38.2 Å².